The highest BCUT2D eigenvalue weighted by Gasteiger charge is 2.24. The summed E-state index contributed by atoms with van der Waals surface area (Å²) in [4.78, 5) is 14.1. The fourth-order valence-electron chi connectivity index (χ4n) is 2.80. The smallest absolute Gasteiger partial charge is 0.264 e. The lowest BCUT2D eigenvalue weighted by Gasteiger charge is -2.27. The van der Waals surface area contributed by atoms with Crippen molar-refractivity contribution in [1.82, 2.24) is 9.47 Å². The van der Waals surface area contributed by atoms with E-state index in [2.05, 4.69) is 11.5 Å². The van der Waals surface area contributed by atoms with Crippen molar-refractivity contribution in [1.29, 1.82) is 5.26 Å². The number of rotatable bonds is 7. The van der Waals surface area contributed by atoms with Crippen LogP contribution in [-0.4, -0.2) is 39.2 Å². The van der Waals surface area contributed by atoms with Crippen LogP contribution in [0.3, 0.4) is 0 Å². The highest BCUT2D eigenvalue weighted by Crippen LogP contribution is 2.20. The van der Waals surface area contributed by atoms with Crippen LogP contribution < -0.4 is 0 Å². The van der Waals surface area contributed by atoms with E-state index in [-0.39, 0.29) is 18.0 Å². The molecule has 1 aromatic heterocycles. The minimum absolute atomic E-state index is 0.0952. The molecule has 0 bridgehead atoms. The van der Waals surface area contributed by atoms with Crippen molar-refractivity contribution in [3.05, 3.63) is 28.6 Å². The van der Waals surface area contributed by atoms with Gasteiger partial charge in [-0.15, -0.1) is 0 Å². The predicted octanol–water partition coefficient (Wildman–Crippen LogP) is 3.04. The van der Waals surface area contributed by atoms with Crippen LogP contribution in [0.15, 0.2) is 11.6 Å². The molecule has 0 saturated heterocycles. The van der Waals surface area contributed by atoms with Crippen molar-refractivity contribution < 1.29 is 9.90 Å². The molecule has 0 unspecified atom stereocenters. The minimum Gasteiger partial charge on any atom is -0.389 e. The van der Waals surface area contributed by atoms with Gasteiger partial charge in [-0.1, -0.05) is 6.92 Å². The molecule has 132 valence electrons. The van der Waals surface area contributed by atoms with E-state index in [0.717, 1.165) is 29.9 Å². The summed E-state index contributed by atoms with van der Waals surface area (Å²) in [7, 11) is 0. The first-order chi connectivity index (χ1) is 11.1. The summed E-state index contributed by atoms with van der Waals surface area (Å²) in [6.07, 6.45) is 2.68. The van der Waals surface area contributed by atoms with Crippen LogP contribution in [0.4, 0.5) is 0 Å². The summed E-state index contributed by atoms with van der Waals surface area (Å²) in [6.45, 7) is 12.8. The van der Waals surface area contributed by atoms with Gasteiger partial charge in [0.05, 0.1) is 5.60 Å². The fraction of sp³-hybridized carbons (Fsp3) is 0.579. The Morgan fingerprint density at radius 2 is 2.04 bits per heavy atom. The monoisotopic (exact) mass is 331 g/mol. The Balaban J connectivity index is 3.17. The normalized spacial score (nSPS) is 12.2. The Bertz CT molecular complexity index is 657. The van der Waals surface area contributed by atoms with Gasteiger partial charge in [0, 0.05) is 31.0 Å². The number of hydrogen-bond donors (Lipinski definition) is 1. The molecular formula is C19H29N3O2. The van der Waals surface area contributed by atoms with Gasteiger partial charge in [-0.2, -0.15) is 5.26 Å². The van der Waals surface area contributed by atoms with Gasteiger partial charge >= 0.3 is 0 Å². The third-order valence-electron chi connectivity index (χ3n) is 3.96. The first-order valence-corrected chi connectivity index (χ1v) is 8.44. The lowest BCUT2D eigenvalue weighted by molar-refractivity contribution is -0.129. The van der Waals surface area contributed by atoms with Gasteiger partial charge in [0.2, 0.25) is 0 Å². The number of aliphatic hydroxyl groups is 1. The Morgan fingerprint density at radius 3 is 2.50 bits per heavy atom. The van der Waals surface area contributed by atoms with Crippen molar-refractivity contribution in [3.63, 3.8) is 0 Å². The lowest BCUT2D eigenvalue weighted by atomic mass is 10.1. The first kappa shape index (κ1) is 20.0. The number of aryl methyl sites for hydroxylation is 1. The first-order valence-electron chi connectivity index (χ1n) is 8.44. The molecule has 1 heterocycles. The zero-order valence-corrected chi connectivity index (χ0v) is 15.7. The molecule has 0 spiro atoms. The third-order valence-corrected chi connectivity index (χ3v) is 3.96. The molecule has 0 saturated carbocycles. The number of aromatic nitrogens is 1. The number of nitrogens with zero attached hydrogens (tertiary/aromatic N) is 3. The van der Waals surface area contributed by atoms with E-state index in [1.54, 1.807) is 19.9 Å². The lowest BCUT2D eigenvalue weighted by Crippen LogP contribution is -2.42. The van der Waals surface area contributed by atoms with Gasteiger partial charge in [0.15, 0.2) is 0 Å². The summed E-state index contributed by atoms with van der Waals surface area (Å²) < 4.78 is 2.19. The highest BCUT2D eigenvalue weighted by atomic mass is 16.3. The van der Waals surface area contributed by atoms with E-state index in [4.69, 9.17) is 0 Å². The molecule has 1 amide bonds. The van der Waals surface area contributed by atoms with Crippen molar-refractivity contribution in [2.75, 3.05) is 13.1 Å². The molecule has 0 aliphatic rings. The van der Waals surface area contributed by atoms with Crippen molar-refractivity contribution in [3.8, 4) is 6.07 Å². The second-order valence-electron chi connectivity index (χ2n) is 6.78. The summed E-state index contributed by atoms with van der Waals surface area (Å²) in [5.74, 6) is -0.345. The molecule has 1 N–H and O–H groups in total. The second-order valence-corrected chi connectivity index (χ2v) is 6.78. The SMILES string of the molecule is CCCn1c(C)cc(C=C(C#N)C(=O)N(CC)CC(C)(C)O)c1C. The van der Waals surface area contributed by atoms with E-state index >= 15 is 0 Å². The molecule has 0 aliphatic carbocycles. The Hall–Kier alpha value is -2.06. The van der Waals surface area contributed by atoms with Crippen molar-refractivity contribution >= 4 is 12.0 Å². The van der Waals surface area contributed by atoms with Gasteiger partial charge in [0.25, 0.3) is 5.91 Å². The molecule has 5 nitrogen and oxygen atoms in total. The Morgan fingerprint density at radius 1 is 1.42 bits per heavy atom. The highest BCUT2D eigenvalue weighted by molar-refractivity contribution is 6.01. The predicted molar refractivity (Wildman–Crippen MR) is 96.3 cm³/mol. The average molecular weight is 331 g/mol. The van der Waals surface area contributed by atoms with Gasteiger partial charge in [0.1, 0.15) is 11.6 Å². The standard InChI is InChI=1S/C19H29N3O2/c1-7-9-22-14(3)10-16(15(22)4)11-17(12-20)18(23)21(8-2)13-19(5,6)24/h10-11,24H,7-9,13H2,1-6H3. The Labute approximate surface area is 145 Å². The average Bonchev–Trinajstić information content (AvgIpc) is 2.76. The number of carbonyl (C=O) groups is 1. The van der Waals surface area contributed by atoms with Crippen LogP contribution in [0, 0.1) is 25.2 Å². The molecule has 1 aromatic rings. The zero-order valence-electron chi connectivity index (χ0n) is 15.7. The van der Waals surface area contributed by atoms with Crippen LogP contribution in [0.1, 0.15) is 51.1 Å². The second kappa shape index (κ2) is 8.16. The molecule has 24 heavy (non-hydrogen) atoms. The number of amides is 1. The fourth-order valence-corrected chi connectivity index (χ4v) is 2.80. The largest absolute Gasteiger partial charge is 0.389 e. The molecule has 0 atom stereocenters. The Kier molecular flexibility index (Phi) is 6.80. The van der Waals surface area contributed by atoms with E-state index in [0.29, 0.717) is 6.54 Å². The van der Waals surface area contributed by atoms with E-state index in [1.807, 2.05) is 32.9 Å². The maximum Gasteiger partial charge on any atom is 0.264 e. The third kappa shape index (κ3) is 4.97. The molecule has 5 heteroatoms. The number of nitriles is 1. The van der Waals surface area contributed by atoms with Crippen LogP contribution in [0.2, 0.25) is 0 Å². The van der Waals surface area contributed by atoms with Crippen LogP contribution >= 0.6 is 0 Å². The van der Waals surface area contributed by atoms with Crippen LogP contribution in [0.25, 0.3) is 6.08 Å². The maximum atomic E-state index is 12.6. The summed E-state index contributed by atoms with van der Waals surface area (Å²) in [5.41, 5.74) is 2.17. The van der Waals surface area contributed by atoms with Gasteiger partial charge in [-0.3, -0.25) is 4.79 Å². The minimum atomic E-state index is -0.997. The topological polar surface area (TPSA) is 69.3 Å². The molecule has 0 fully saturated rings. The number of hydrogen-bond acceptors (Lipinski definition) is 3. The van der Waals surface area contributed by atoms with Crippen LogP contribution in [0.5, 0.6) is 0 Å². The summed E-state index contributed by atoms with van der Waals surface area (Å²) in [6, 6.07) is 4.02. The zero-order chi connectivity index (χ0) is 18.5. The molecular weight excluding hydrogens is 302 g/mol. The van der Waals surface area contributed by atoms with E-state index < -0.39 is 5.60 Å². The molecule has 0 aliphatic heterocycles. The van der Waals surface area contributed by atoms with Crippen molar-refractivity contribution in [2.45, 2.75) is 60.1 Å². The van der Waals surface area contributed by atoms with E-state index in [9.17, 15) is 15.2 Å². The van der Waals surface area contributed by atoms with Crippen LogP contribution in [-0.2, 0) is 11.3 Å². The van der Waals surface area contributed by atoms with Gasteiger partial charge in [-0.25, -0.2) is 0 Å². The summed E-state index contributed by atoms with van der Waals surface area (Å²) >= 11 is 0. The molecule has 1 rings (SSSR count). The number of carbonyl (C=O) groups excluding carboxylic acids is 1. The summed E-state index contributed by atoms with van der Waals surface area (Å²) in [5, 5.41) is 19.4. The molecule has 0 aromatic carbocycles. The maximum absolute atomic E-state index is 12.6. The van der Waals surface area contributed by atoms with Crippen molar-refractivity contribution in [2.24, 2.45) is 0 Å². The van der Waals surface area contributed by atoms with E-state index in [1.165, 1.54) is 4.90 Å². The molecule has 0 radical (unpaired) electrons. The van der Waals surface area contributed by atoms with Gasteiger partial charge in [-0.05, 0) is 58.7 Å². The quantitative estimate of drug-likeness (QED) is 0.617. The number of likely N-dealkylation sites (N-methyl/N-ethyl adjacent to an activating group) is 1. The van der Waals surface area contributed by atoms with Gasteiger partial charge < -0.3 is 14.6 Å².